The maximum atomic E-state index is 12.6. The Kier molecular flexibility index (Phi) is 2.39. The monoisotopic (exact) mass is 199 g/mol. The molecule has 2 N–H and O–H groups in total. The van der Waals surface area contributed by atoms with Crippen LogP contribution in [0.2, 0.25) is 0 Å². The van der Waals surface area contributed by atoms with Gasteiger partial charge in [-0.25, -0.2) is 4.39 Å². The SMILES string of the molecule is NC(c1sccc1F)C(F)(F)F. The molecule has 1 atom stereocenters. The van der Waals surface area contributed by atoms with Gasteiger partial charge in [-0.2, -0.15) is 13.2 Å². The fourth-order valence-electron chi connectivity index (χ4n) is 0.676. The van der Waals surface area contributed by atoms with E-state index >= 15 is 0 Å². The van der Waals surface area contributed by atoms with Crippen molar-refractivity contribution in [1.29, 1.82) is 0 Å². The minimum atomic E-state index is -4.58. The molecular weight excluding hydrogens is 194 g/mol. The van der Waals surface area contributed by atoms with Gasteiger partial charge in [-0.3, -0.25) is 0 Å². The minimum Gasteiger partial charge on any atom is -0.316 e. The summed E-state index contributed by atoms with van der Waals surface area (Å²) in [6, 6.07) is -1.25. The maximum absolute atomic E-state index is 12.6. The van der Waals surface area contributed by atoms with Crippen LogP contribution in [0.5, 0.6) is 0 Å². The van der Waals surface area contributed by atoms with Crippen molar-refractivity contribution in [1.82, 2.24) is 0 Å². The number of nitrogens with two attached hydrogens (primary N) is 1. The molecule has 1 rings (SSSR count). The second-order valence-corrected chi connectivity index (χ2v) is 3.10. The summed E-state index contributed by atoms with van der Waals surface area (Å²) in [5.74, 6) is -0.898. The van der Waals surface area contributed by atoms with Gasteiger partial charge in [0.1, 0.15) is 11.9 Å². The predicted molar refractivity (Wildman–Crippen MR) is 37.3 cm³/mol. The highest BCUT2D eigenvalue weighted by atomic mass is 32.1. The molecule has 0 fully saturated rings. The number of hydrogen-bond donors (Lipinski definition) is 1. The van der Waals surface area contributed by atoms with Crippen LogP contribution in [0.15, 0.2) is 11.4 Å². The zero-order chi connectivity index (χ0) is 9.35. The number of halogens is 4. The van der Waals surface area contributed by atoms with Gasteiger partial charge in [-0.05, 0) is 11.4 Å². The lowest BCUT2D eigenvalue weighted by Gasteiger charge is -2.13. The lowest BCUT2D eigenvalue weighted by molar-refractivity contribution is -0.149. The van der Waals surface area contributed by atoms with Crippen molar-refractivity contribution in [2.24, 2.45) is 5.73 Å². The van der Waals surface area contributed by atoms with Gasteiger partial charge in [0.25, 0.3) is 0 Å². The minimum absolute atomic E-state index is 0.470. The van der Waals surface area contributed by atoms with Gasteiger partial charge in [-0.1, -0.05) is 0 Å². The van der Waals surface area contributed by atoms with Gasteiger partial charge in [0, 0.05) is 0 Å². The summed E-state index contributed by atoms with van der Waals surface area (Å²) in [7, 11) is 0. The third kappa shape index (κ3) is 1.75. The Hall–Kier alpha value is -0.620. The Labute approximate surface area is 69.8 Å². The molecule has 0 aromatic carbocycles. The second kappa shape index (κ2) is 3.02. The van der Waals surface area contributed by atoms with Crippen molar-refractivity contribution < 1.29 is 17.6 Å². The average Bonchev–Trinajstić information content (AvgIpc) is 2.31. The van der Waals surface area contributed by atoms with Crippen molar-refractivity contribution in [2.75, 3.05) is 0 Å². The summed E-state index contributed by atoms with van der Waals surface area (Å²) >= 11 is 0.665. The lowest BCUT2D eigenvalue weighted by atomic mass is 10.2. The lowest BCUT2D eigenvalue weighted by Crippen LogP contribution is -2.28. The summed E-state index contributed by atoms with van der Waals surface area (Å²) in [6.07, 6.45) is -4.58. The van der Waals surface area contributed by atoms with Gasteiger partial charge in [0.05, 0.1) is 4.88 Å². The molecule has 0 saturated carbocycles. The van der Waals surface area contributed by atoms with Crippen LogP contribution in [0.25, 0.3) is 0 Å². The summed E-state index contributed by atoms with van der Waals surface area (Å²) < 4.78 is 48.3. The second-order valence-electron chi connectivity index (χ2n) is 2.15. The van der Waals surface area contributed by atoms with Crippen molar-refractivity contribution >= 4 is 11.3 Å². The molecule has 0 aliphatic heterocycles. The Morgan fingerprint density at radius 3 is 2.33 bits per heavy atom. The standard InChI is InChI=1S/C6H5F4NS/c7-3-1-2-12-4(3)5(11)6(8,9)10/h1-2,5H,11H2. The highest BCUT2D eigenvalue weighted by Crippen LogP contribution is 2.34. The first-order valence-corrected chi connectivity index (χ1v) is 3.86. The maximum Gasteiger partial charge on any atom is 0.408 e. The summed E-state index contributed by atoms with van der Waals surface area (Å²) in [6.45, 7) is 0. The molecule has 0 radical (unpaired) electrons. The molecule has 1 aromatic heterocycles. The Bertz CT molecular complexity index is 267. The van der Waals surface area contributed by atoms with Crippen LogP contribution in [-0.4, -0.2) is 6.18 Å². The van der Waals surface area contributed by atoms with Crippen LogP contribution in [0.3, 0.4) is 0 Å². The smallest absolute Gasteiger partial charge is 0.316 e. The Morgan fingerprint density at radius 2 is 2.00 bits per heavy atom. The molecule has 12 heavy (non-hydrogen) atoms. The van der Waals surface area contributed by atoms with E-state index in [4.69, 9.17) is 5.73 Å². The molecule has 68 valence electrons. The first-order chi connectivity index (χ1) is 5.43. The summed E-state index contributed by atoms with van der Waals surface area (Å²) in [4.78, 5) is -0.470. The highest BCUT2D eigenvalue weighted by molar-refractivity contribution is 7.10. The molecule has 0 aliphatic rings. The van der Waals surface area contributed by atoms with E-state index in [-0.39, 0.29) is 0 Å². The molecule has 6 heteroatoms. The third-order valence-electron chi connectivity index (χ3n) is 1.28. The number of thiophene rings is 1. The van der Waals surface area contributed by atoms with Crippen LogP contribution in [0.4, 0.5) is 17.6 Å². The van der Waals surface area contributed by atoms with Crippen LogP contribution in [0, 0.1) is 5.82 Å². The quantitative estimate of drug-likeness (QED) is 0.691. The molecular formula is C6H5F4NS. The zero-order valence-electron chi connectivity index (χ0n) is 5.73. The predicted octanol–water partition coefficient (Wildman–Crippen LogP) is 2.45. The number of rotatable bonds is 1. The van der Waals surface area contributed by atoms with Gasteiger partial charge < -0.3 is 5.73 Å². The normalized spacial score (nSPS) is 14.8. The molecule has 0 bridgehead atoms. The van der Waals surface area contributed by atoms with Gasteiger partial charge in [0.15, 0.2) is 0 Å². The van der Waals surface area contributed by atoms with Crippen molar-refractivity contribution in [2.45, 2.75) is 12.2 Å². The number of alkyl halides is 3. The van der Waals surface area contributed by atoms with Crippen molar-refractivity contribution in [3.05, 3.63) is 22.1 Å². The van der Waals surface area contributed by atoms with Crippen LogP contribution in [0.1, 0.15) is 10.9 Å². The van der Waals surface area contributed by atoms with Crippen molar-refractivity contribution in [3.63, 3.8) is 0 Å². The first kappa shape index (κ1) is 9.47. The third-order valence-corrected chi connectivity index (χ3v) is 2.25. The molecule has 1 heterocycles. The Morgan fingerprint density at radius 1 is 1.42 bits per heavy atom. The van der Waals surface area contributed by atoms with E-state index in [1.807, 2.05) is 0 Å². The highest BCUT2D eigenvalue weighted by Gasteiger charge is 2.39. The van der Waals surface area contributed by atoms with E-state index < -0.39 is 22.9 Å². The fraction of sp³-hybridized carbons (Fsp3) is 0.333. The Balaban J connectivity index is 2.92. The van der Waals surface area contributed by atoms with E-state index in [9.17, 15) is 17.6 Å². The molecule has 1 unspecified atom stereocenters. The number of hydrogen-bond acceptors (Lipinski definition) is 2. The van der Waals surface area contributed by atoms with Crippen LogP contribution < -0.4 is 5.73 Å². The van der Waals surface area contributed by atoms with E-state index in [0.29, 0.717) is 11.3 Å². The van der Waals surface area contributed by atoms with Crippen LogP contribution in [-0.2, 0) is 0 Å². The summed E-state index contributed by atoms with van der Waals surface area (Å²) in [5.41, 5.74) is 4.76. The molecule has 0 aliphatic carbocycles. The average molecular weight is 199 g/mol. The van der Waals surface area contributed by atoms with Gasteiger partial charge in [0.2, 0.25) is 0 Å². The van der Waals surface area contributed by atoms with Gasteiger partial charge >= 0.3 is 6.18 Å². The molecule has 0 spiro atoms. The van der Waals surface area contributed by atoms with Crippen molar-refractivity contribution in [3.8, 4) is 0 Å². The van der Waals surface area contributed by atoms with E-state index in [0.717, 1.165) is 6.07 Å². The largest absolute Gasteiger partial charge is 0.408 e. The topological polar surface area (TPSA) is 26.0 Å². The molecule has 0 saturated heterocycles. The van der Waals surface area contributed by atoms with Gasteiger partial charge in [-0.15, -0.1) is 11.3 Å². The molecule has 0 amide bonds. The van der Waals surface area contributed by atoms with E-state index in [2.05, 4.69) is 0 Å². The first-order valence-electron chi connectivity index (χ1n) is 2.98. The van der Waals surface area contributed by atoms with E-state index in [1.165, 1.54) is 5.38 Å². The van der Waals surface area contributed by atoms with Crippen LogP contribution >= 0.6 is 11.3 Å². The summed E-state index contributed by atoms with van der Waals surface area (Å²) in [5, 5.41) is 1.23. The zero-order valence-corrected chi connectivity index (χ0v) is 6.55. The van der Waals surface area contributed by atoms with E-state index in [1.54, 1.807) is 0 Å². The molecule has 1 nitrogen and oxygen atoms in total. The molecule has 1 aromatic rings. The fourth-order valence-corrected chi connectivity index (χ4v) is 1.47.